The van der Waals surface area contributed by atoms with E-state index in [1.165, 1.54) is 16.7 Å². The Balaban J connectivity index is 1.46. The molecule has 0 spiro atoms. The van der Waals surface area contributed by atoms with Gasteiger partial charge in [-0.25, -0.2) is 0 Å². The fourth-order valence-corrected chi connectivity index (χ4v) is 7.09. The SMILES string of the molecule is COc1cc2c(cc1O)CCC1C2CC[C@@]2(C)C1CC[C@@]2(O)Cc1ccccc1. The maximum absolute atomic E-state index is 11.9. The van der Waals surface area contributed by atoms with E-state index in [0.717, 1.165) is 44.9 Å². The molecule has 3 heteroatoms. The maximum atomic E-state index is 11.9. The van der Waals surface area contributed by atoms with Crippen LogP contribution in [0, 0.1) is 17.3 Å². The number of methoxy groups -OCH3 is 1. The van der Waals surface area contributed by atoms with Crippen LogP contribution in [0.15, 0.2) is 42.5 Å². The lowest BCUT2D eigenvalue weighted by molar-refractivity contribution is -0.102. The molecule has 0 bridgehead atoms. The standard InChI is InChI=1S/C26H32O3/c1-25-12-10-19-20(9-8-18-14-23(27)24(29-2)15-21(18)19)22(25)11-13-26(25,28)16-17-6-4-3-5-7-17/h3-7,14-15,19-20,22,27-28H,8-13,16H2,1-2H3/t19?,20?,22?,25-,26+/m0/s1. The predicted molar refractivity (Wildman–Crippen MR) is 114 cm³/mol. The Morgan fingerprint density at radius 1 is 1.07 bits per heavy atom. The summed E-state index contributed by atoms with van der Waals surface area (Å²) < 4.78 is 5.41. The van der Waals surface area contributed by atoms with E-state index >= 15 is 0 Å². The van der Waals surface area contributed by atoms with Crippen LogP contribution in [-0.4, -0.2) is 22.9 Å². The van der Waals surface area contributed by atoms with Crippen LogP contribution in [0.2, 0.25) is 0 Å². The van der Waals surface area contributed by atoms with E-state index in [1.54, 1.807) is 7.11 Å². The molecule has 0 saturated heterocycles. The van der Waals surface area contributed by atoms with Crippen LogP contribution in [0.5, 0.6) is 11.5 Å². The average Bonchev–Trinajstić information content (AvgIpc) is 2.98. The number of rotatable bonds is 3. The van der Waals surface area contributed by atoms with Gasteiger partial charge in [-0.3, -0.25) is 0 Å². The Kier molecular flexibility index (Phi) is 4.43. The van der Waals surface area contributed by atoms with E-state index in [-0.39, 0.29) is 11.2 Å². The highest BCUT2D eigenvalue weighted by Gasteiger charge is 2.61. The van der Waals surface area contributed by atoms with Crippen molar-refractivity contribution in [3.63, 3.8) is 0 Å². The quantitative estimate of drug-likeness (QED) is 0.752. The van der Waals surface area contributed by atoms with Crippen molar-refractivity contribution >= 4 is 0 Å². The molecule has 3 aliphatic rings. The van der Waals surface area contributed by atoms with Crippen LogP contribution in [-0.2, 0) is 12.8 Å². The van der Waals surface area contributed by atoms with Crippen LogP contribution in [0.4, 0.5) is 0 Å². The van der Waals surface area contributed by atoms with Gasteiger partial charge < -0.3 is 14.9 Å². The largest absolute Gasteiger partial charge is 0.504 e. The predicted octanol–water partition coefficient (Wildman–Crippen LogP) is 5.23. The number of aryl methyl sites for hydroxylation is 1. The van der Waals surface area contributed by atoms with E-state index in [4.69, 9.17) is 4.74 Å². The highest BCUT2D eigenvalue weighted by atomic mass is 16.5. The molecule has 0 radical (unpaired) electrons. The van der Waals surface area contributed by atoms with E-state index in [2.05, 4.69) is 37.3 Å². The zero-order valence-electron chi connectivity index (χ0n) is 17.5. The summed E-state index contributed by atoms with van der Waals surface area (Å²) in [4.78, 5) is 0. The van der Waals surface area contributed by atoms with Gasteiger partial charge >= 0.3 is 0 Å². The molecule has 3 aliphatic carbocycles. The smallest absolute Gasteiger partial charge is 0.160 e. The monoisotopic (exact) mass is 392 g/mol. The van der Waals surface area contributed by atoms with E-state index in [9.17, 15) is 10.2 Å². The van der Waals surface area contributed by atoms with Crippen molar-refractivity contribution < 1.29 is 14.9 Å². The van der Waals surface area contributed by atoms with Crippen molar-refractivity contribution in [2.24, 2.45) is 17.3 Å². The first kappa shape index (κ1) is 19.0. The molecular weight excluding hydrogens is 360 g/mol. The third-order valence-corrected chi connectivity index (χ3v) is 8.69. The van der Waals surface area contributed by atoms with Crippen molar-refractivity contribution in [3.8, 4) is 11.5 Å². The summed E-state index contributed by atoms with van der Waals surface area (Å²) in [6.07, 6.45) is 7.11. The van der Waals surface area contributed by atoms with Crippen LogP contribution in [0.3, 0.4) is 0 Å². The second kappa shape index (κ2) is 6.77. The van der Waals surface area contributed by atoms with Crippen molar-refractivity contribution in [3.05, 3.63) is 59.2 Å². The van der Waals surface area contributed by atoms with Gasteiger partial charge in [-0.1, -0.05) is 37.3 Å². The summed E-state index contributed by atoms with van der Waals surface area (Å²) in [5.41, 5.74) is 3.26. The molecule has 5 atom stereocenters. The van der Waals surface area contributed by atoms with E-state index < -0.39 is 5.60 Å². The molecule has 0 aromatic heterocycles. The molecule has 2 fully saturated rings. The van der Waals surface area contributed by atoms with Gasteiger partial charge in [-0.2, -0.15) is 0 Å². The summed E-state index contributed by atoms with van der Waals surface area (Å²) in [5.74, 6) is 2.53. The highest BCUT2D eigenvalue weighted by molar-refractivity contribution is 5.49. The normalized spacial score (nSPS) is 35.5. The Labute approximate surface area is 173 Å². The second-order valence-corrected chi connectivity index (χ2v) is 9.83. The topological polar surface area (TPSA) is 49.7 Å². The summed E-state index contributed by atoms with van der Waals surface area (Å²) >= 11 is 0. The van der Waals surface area contributed by atoms with E-state index in [0.29, 0.717) is 23.5 Å². The number of hydrogen-bond acceptors (Lipinski definition) is 3. The van der Waals surface area contributed by atoms with E-state index in [1.807, 2.05) is 12.1 Å². The first-order valence-electron chi connectivity index (χ1n) is 11.1. The first-order valence-corrected chi connectivity index (χ1v) is 11.1. The van der Waals surface area contributed by atoms with Crippen molar-refractivity contribution in [2.75, 3.05) is 7.11 Å². The van der Waals surface area contributed by atoms with Gasteiger partial charge in [-0.15, -0.1) is 0 Å². The Bertz CT molecular complexity index is 908. The van der Waals surface area contributed by atoms with Gasteiger partial charge in [-0.05, 0) is 90.5 Å². The molecule has 3 nitrogen and oxygen atoms in total. The lowest BCUT2D eigenvalue weighted by Crippen LogP contribution is -2.51. The van der Waals surface area contributed by atoms with Crippen molar-refractivity contribution in [2.45, 2.75) is 63.4 Å². The Hall–Kier alpha value is -2.00. The molecule has 5 rings (SSSR count). The fourth-order valence-electron chi connectivity index (χ4n) is 7.09. The number of benzene rings is 2. The molecular formula is C26H32O3. The van der Waals surface area contributed by atoms with Crippen LogP contribution < -0.4 is 4.74 Å². The molecule has 154 valence electrons. The zero-order valence-corrected chi connectivity index (χ0v) is 17.5. The fraction of sp³-hybridized carbons (Fsp3) is 0.538. The molecule has 0 amide bonds. The number of aromatic hydroxyl groups is 1. The number of aliphatic hydroxyl groups is 1. The summed E-state index contributed by atoms with van der Waals surface area (Å²) in [7, 11) is 1.63. The van der Waals surface area contributed by atoms with Gasteiger partial charge in [0.2, 0.25) is 0 Å². The summed E-state index contributed by atoms with van der Waals surface area (Å²) in [5, 5.41) is 22.1. The van der Waals surface area contributed by atoms with Gasteiger partial charge in [0, 0.05) is 6.42 Å². The number of fused-ring (bicyclic) bond motifs is 5. The summed E-state index contributed by atoms with van der Waals surface area (Å²) in [6.45, 7) is 2.36. The maximum Gasteiger partial charge on any atom is 0.160 e. The van der Waals surface area contributed by atoms with Crippen LogP contribution in [0.1, 0.15) is 61.6 Å². The third-order valence-electron chi connectivity index (χ3n) is 8.69. The molecule has 3 unspecified atom stereocenters. The molecule has 0 heterocycles. The van der Waals surface area contributed by atoms with Gasteiger partial charge in [0.05, 0.1) is 12.7 Å². The van der Waals surface area contributed by atoms with Crippen LogP contribution >= 0.6 is 0 Å². The van der Waals surface area contributed by atoms with Gasteiger partial charge in [0.15, 0.2) is 11.5 Å². The number of hydrogen-bond donors (Lipinski definition) is 2. The minimum atomic E-state index is -0.614. The summed E-state index contributed by atoms with van der Waals surface area (Å²) in [6, 6.07) is 14.5. The Morgan fingerprint density at radius 2 is 1.86 bits per heavy atom. The number of phenols is 1. The minimum absolute atomic E-state index is 0.0253. The van der Waals surface area contributed by atoms with Crippen molar-refractivity contribution in [1.29, 1.82) is 0 Å². The molecule has 2 aromatic rings. The van der Waals surface area contributed by atoms with Crippen molar-refractivity contribution in [1.82, 2.24) is 0 Å². The van der Waals surface area contributed by atoms with Gasteiger partial charge in [0.25, 0.3) is 0 Å². The molecule has 2 aromatic carbocycles. The first-order chi connectivity index (χ1) is 13.9. The van der Waals surface area contributed by atoms with Gasteiger partial charge in [0.1, 0.15) is 0 Å². The lowest BCUT2D eigenvalue weighted by atomic mass is 9.52. The highest BCUT2D eigenvalue weighted by Crippen LogP contribution is 2.65. The molecule has 2 saturated carbocycles. The lowest BCUT2D eigenvalue weighted by Gasteiger charge is -2.53. The molecule has 2 N–H and O–H groups in total. The molecule has 29 heavy (non-hydrogen) atoms. The average molecular weight is 393 g/mol. The minimum Gasteiger partial charge on any atom is -0.504 e. The second-order valence-electron chi connectivity index (χ2n) is 9.83. The third kappa shape index (κ3) is 2.81. The number of ether oxygens (including phenoxy) is 1. The number of phenolic OH excluding ortho intramolecular Hbond substituents is 1. The zero-order chi connectivity index (χ0) is 20.2. The Morgan fingerprint density at radius 3 is 2.62 bits per heavy atom. The van der Waals surface area contributed by atoms with Crippen LogP contribution in [0.25, 0.3) is 0 Å². The molecule has 0 aliphatic heterocycles.